The van der Waals surface area contributed by atoms with Gasteiger partial charge in [0, 0.05) is 13.7 Å². The van der Waals surface area contributed by atoms with Crippen molar-refractivity contribution in [3.8, 4) is 0 Å². The van der Waals surface area contributed by atoms with E-state index < -0.39 is 29.4 Å². The molecule has 3 atom stereocenters. The van der Waals surface area contributed by atoms with Crippen LogP contribution in [-0.4, -0.2) is 77.1 Å². The van der Waals surface area contributed by atoms with Crippen LogP contribution in [0.3, 0.4) is 0 Å². The van der Waals surface area contributed by atoms with Crippen molar-refractivity contribution >= 4 is 58.7 Å². The molecule has 0 aromatic carbocycles. The second kappa shape index (κ2) is 14.8. The minimum atomic E-state index is -3.37. The third-order valence-corrected chi connectivity index (χ3v) is 12.3. The van der Waals surface area contributed by atoms with E-state index in [9.17, 15) is 16.8 Å². The number of sulfonamides is 1. The minimum Gasteiger partial charge on any atom is -0.385 e. The fourth-order valence-electron chi connectivity index (χ4n) is 6.67. The lowest BCUT2D eigenvalue weighted by Crippen LogP contribution is -2.32. The highest BCUT2D eigenvalue weighted by molar-refractivity contribution is 7.99. The number of methoxy groups -OCH3 is 1. The van der Waals surface area contributed by atoms with Crippen molar-refractivity contribution in [2.45, 2.75) is 84.5 Å². The Bertz CT molecular complexity index is 1630. The van der Waals surface area contributed by atoms with Crippen LogP contribution in [0.2, 0.25) is 0 Å². The summed E-state index contributed by atoms with van der Waals surface area (Å²) in [6.45, 7) is 0.731. The molecule has 6 rings (SSSR count). The number of nitrogens with two attached hydrogens (primary N) is 3. The van der Waals surface area contributed by atoms with Gasteiger partial charge in [0.05, 0.1) is 36.7 Å². The standard InChI is InChI=1S/C12H20N2O3S.C9H14N2OS.C8H12N2OS.CH4/c1-17-7-3-6-9-4-2-5-10-8-18(15,16)14-12(13)11(9)10;1-13(12)6-7-4-2-3-5-8(7)9(10)11-13;1-12(11)5-6-3-2-4-7(6)8(9)10-12;/h9H,2-8H2,1H3,(H2,13,14);1-6H2,(H2,10,11,12);1-5H2,(H2,9,10,11);1H4. The number of hydrogen-bond donors (Lipinski definition) is 3. The summed E-state index contributed by atoms with van der Waals surface area (Å²) in [4.78, 5) is 0. The number of hydrogen-bond acceptors (Lipinski definition) is 8. The van der Waals surface area contributed by atoms with Gasteiger partial charge in [-0.2, -0.15) is 8.80 Å². The van der Waals surface area contributed by atoms with Crippen molar-refractivity contribution in [2.24, 2.45) is 36.3 Å². The molecule has 0 radical (unpaired) electrons. The molecule has 3 unspecified atom stereocenters. The first-order chi connectivity index (χ1) is 20.2. The predicted octanol–water partition coefficient (Wildman–Crippen LogP) is 3.17. The Morgan fingerprint density at radius 1 is 0.727 bits per heavy atom. The molecule has 6 N–H and O–H groups in total. The zero-order valence-electron chi connectivity index (χ0n) is 25.1. The quantitative estimate of drug-likeness (QED) is 0.300. The third-order valence-electron chi connectivity index (χ3n) is 8.45. The summed E-state index contributed by atoms with van der Waals surface area (Å²) in [5.41, 5.74) is 24.0. The molecule has 6 aliphatic rings. The number of amidine groups is 3. The summed E-state index contributed by atoms with van der Waals surface area (Å²) < 4.78 is 62.9. The summed E-state index contributed by atoms with van der Waals surface area (Å²) >= 11 is 0. The second-order valence-electron chi connectivity index (χ2n) is 12.0. The van der Waals surface area contributed by atoms with Gasteiger partial charge in [-0.1, -0.05) is 7.43 Å². The van der Waals surface area contributed by atoms with Crippen molar-refractivity contribution in [1.29, 1.82) is 0 Å². The molecule has 0 aromatic rings. The van der Waals surface area contributed by atoms with Gasteiger partial charge >= 0.3 is 0 Å². The van der Waals surface area contributed by atoms with Gasteiger partial charge in [-0.3, -0.25) is 0 Å². The fourth-order valence-corrected chi connectivity index (χ4v) is 10.7. The molecule has 3 heterocycles. The molecule has 3 aliphatic heterocycles. The molecular weight excluding hydrogens is 621 g/mol. The Kier molecular flexibility index (Phi) is 12.1. The van der Waals surface area contributed by atoms with Gasteiger partial charge < -0.3 is 21.9 Å². The Hall–Kier alpha value is -2.42. The topological polar surface area (TPSA) is 193 Å². The zero-order chi connectivity index (χ0) is 31.4. The summed E-state index contributed by atoms with van der Waals surface area (Å²) in [6.07, 6.45) is 12.4. The van der Waals surface area contributed by atoms with Crippen LogP contribution in [0.1, 0.15) is 84.5 Å². The van der Waals surface area contributed by atoms with Crippen molar-refractivity contribution in [3.05, 3.63) is 33.4 Å². The molecule has 3 aliphatic carbocycles. The maximum absolute atomic E-state index is 11.7. The second-order valence-corrected chi connectivity index (χ2v) is 17.6. The molecule has 0 bridgehead atoms. The summed E-state index contributed by atoms with van der Waals surface area (Å²) in [5.74, 6) is 9.79. The van der Waals surface area contributed by atoms with E-state index in [1.54, 1.807) is 7.11 Å². The Balaban J connectivity index is 0.000000183. The lowest BCUT2D eigenvalue weighted by molar-refractivity contribution is 0.187. The maximum atomic E-state index is 11.7. The predicted molar refractivity (Wildman–Crippen MR) is 187 cm³/mol. The van der Waals surface area contributed by atoms with Crippen LogP contribution in [-0.2, 0) is 34.2 Å². The van der Waals surface area contributed by atoms with Crippen LogP contribution < -0.4 is 17.2 Å². The molecule has 11 nitrogen and oxygen atoms in total. The largest absolute Gasteiger partial charge is 0.385 e. The SMILES string of the molecule is C.C=S1(=O)CC2=C(CCC2)C(N)=N1.C=S1(=O)CC2=C(CCCC2)C(N)=N1.COCCCC1CCCC2=C1C(N)=NS(=O)(=O)C2. The monoisotopic (exact) mass is 670 g/mol. The van der Waals surface area contributed by atoms with E-state index in [0.29, 0.717) is 29.1 Å². The smallest absolute Gasteiger partial charge is 0.258 e. The first kappa shape index (κ1) is 36.1. The van der Waals surface area contributed by atoms with Crippen LogP contribution in [0.4, 0.5) is 0 Å². The minimum absolute atomic E-state index is 0. The van der Waals surface area contributed by atoms with Crippen molar-refractivity contribution < 1.29 is 21.6 Å². The first-order valence-corrected chi connectivity index (χ1v) is 20.1. The van der Waals surface area contributed by atoms with Gasteiger partial charge in [0.15, 0.2) is 0 Å². The first-order valence-electron chi connectivity index (χ1n) is 14.8. The molecule has 0 aromatic heterocycles. The third kappa shape index (κ3) is 9.30. The molecular formula is C30H50N6O5S3. The van der Waals surface area contributed by atoms with Gasteiger partial charge in [-0.05, 0) is 128 Å². The molecule has 14 heteroatoms. The summed E-state index contributed by atoms with van der Waals surface area (Å²) in [6, 6.07) is 0. The van der Waals surface area contributed by atoms with E-state index >= 15 is 0 Å². The molecule has 0 fully saturated rings. The van der Waals surface area contributed by atoms with Gasteiger partial charge in [0.25, 0.3) is 10.0 Å². The molecule has 248 valence electrons. The fraction of sp³-hybridized carbons (Fsp3) is 0.633. The van der Waals surface area contributed by atoms with Crippen molar-refractivity contribution in [2.75, 3.05) is 31.0 Å². The Labute approximate surface area is 264 Å². The molecule has 0 amide bonds. The van der Waals surface area contributed by atoms with Gasteiger partial charge in [-0.15, -0.1) is 4.40 Å². The van der Waals surface area contributed by atoms with Crippen LogP contribution in [0.15, 0.2) is 46.6 Å². The highest BCUT2D eigenvalue weighted by atomic mass is 32.2. The van der Waals surface area contributed by atoms with Crippen LogP contribution in [0.5, 0.6) is 0 Å². The van der Waals surface area contributed by atoms with Crippen LogP contribution in [0.25, 0.3) is 0 Å². The summed E-state index contributed by atoms with van der Waals surface area (Å²) in [5, 5.41) is 0. The Morgan fingerprint density at radius 3 is 1.84 bits per heavy atom. The zero-order valence-corrected chi connectivity index (χ0v) is 27.6. The number of nitrogens with zero attached hydrogens (tertiary/aromatic N) is 3. The number of rotatable bonds is 4. The van der Waals surface area contributed by atoms with Crippen LogP contribution >= 0.6 is 0 Å². The van der Waals surface area contributed by atoms with Gasteiger partial charge in [0.2, 0.25) is 0 Å². The van der Waals surface area contributed by atoms with E-state index in [-0.39, 0.29) is 19.0 Å². The van der Waals surface area contributed by atoms with E-state index in [1.165, 1.54) is 24.0 Å². The average Bonchev–Trinajstić information content (AvgIpc) is 3.36. The highest BCUT2D eigenvalue weighted by Gasteiger charge is 2.32. The van der Waals surface area contributed by atoms with E-state index in [0.717, 1.165) is 93.1 Å². The molecule has 44 heavy (non-hydrogen) atoms. The average molecular weight is 671 g/mol. The van der Waals surface area contributed by atoms with Gasteiger partial charge in [0.1, 0.15) is 17.5 Å². The molecule has 0 saturated heterocycles. The van der Waals surface area contributed by atoms with E-state index in [4.69, 9.17) is 21.9 Å². The van der Waals surface area contributed by atoms with Crippen molar-refractivity contribution in [1.82, 2.24) is 0 Å². The Morgan fingerprint density at radius 2 is 1.25 bits per heavy atom. The molecule has 0 saturated carbocycles. The van der Waals surface area contributed by atoms with Crippen molar-refractivity contribution in [3.63, 3.8) is 0 Å². The van der Waals surface area contributed by atoms with Crippen LogP contribution in [0, 0.1) is 5.92 Å². The lowest BCUT2D eigenvalue weighted by atomic mass is 9.80. The van der Waals surface area contributed by atoms with E-state index in [2.05, 4.69) is 24.9 Å². The maximum Gasteiger partial charge on any atom is 0.258 e. The summed E-state index contributed by atoms with van der Waals surface area (Å²) in [7, 11) is -6.26. The normalized spacial score (nSPS) is 30.5. The molecule has 0 spiro atoms. The highest BCUT2D eigenvalue weighted by Crippen LogP contribution is 2.36. The number of ether oxygens (including phenoxy) is 1. The van der Waals surface area contributed by atoms with Gasteiger partial charge in [-0.25, -0.2) is 16.8 Å². The van der Waals surface area contributed by atoms with E-state index in [1.807, 2.05) is 0 Å². The lowest BCUT2D eigenvalue weighted by Gasteiger charge is -2.30.